The maximum absolute atomic E-state index is 12.3. The summed E-state index contributed by atoms with van der Waals surface area (Å²) in [6.07, 6.45) is 1.63. The number of hydrogen-bond donors (Lipinski definition) is 0. The van der Waals surface area contributed by atoms with E-state index in [0.717, 1.165) is 17.4 Å². The van der Waals surface area contributed by atoms with Gasteiger partial charge in [-0.3, -0.25) is 4.79 Å². The molecule has 0 bridgehead atoms. The molecule has 0 amide bonds. The molecule has 0 saturated heterocycles. The lowest BCUT2D eigenvalue weighted by atomic mass is 9.89. The lowest BCUT2D eigenvalue weighted by molar-refractivity contribution is -0.108. The zero-order valence-corrected chi connectivity index (χ0v) is 11.6. The molecule has 2 nitrogen and oxygen atoms in total. The molecule has 2 heteroatoms. The highest BCUT2D eigenvalue weighted by Gasteiger charge is 2.16. The molecule has 1 atom stereocenters. The van der Waals surface area contributed by atoms with Crippen molar-refractivity contribution in [3.63, 3.8) is 0 Å². The zero-order valence-electron chi connectivity index (χ0n) is 11.6. The molecular weight excluding hydrogens is 248 g/mol. The number of carbonyl (C=O) groups excluding carboxylic acids is 2. The molecule has 2 rings (SSSR count). The fourth-order valence-corrected chi connectivity index (χ4v) is 2.26. The van der Waals surface area contributed by atoms with Crippen molar-refractivity contribution in [2.45, 2.75) is 25.7 Å². The SMILES string of the molecule is Cc1ccc(C(=O)C[C@@H](CC=O)c2ccccc2)cc1. The third-order valence-corrected chi connectivity index (χ3v) is 3.46. The molecule has 102 valence electrons. The minimum atomic E-state index is -0.0393. The maximum atomic E-state index is 12.3. The highest BCUT2D eigenvalue weighted by molar-refractivity contribution is 5.96. The van der Waals surface area contributed by atoms with E-state index in [1.807, 2.05) is 61.5 Å². The third-order valence-electron chi connectivity index (χ3n) is 3.46. The van der Waals surface area contributed by atoms with Crippen molar-refractivity contribution in [1.29, 1.82) is 0 Å². The largest absolute Gasteiger partial charge is 0.303 e. The smallest absolute Gasteiger partial charge is 0.163 e. The van der Waals surface area contributed by atoms with Crippen LogP contribution in [0.25, 0.3) is 0 Å². The first-order valence-electron chi connectivity index (χ1n) is 6.79. The molecule has 0 radical (unpaired) electrons. The van der Waals surface area contributed by atoms with E-state index in [4.69, 9.17) is 0 Å². The van der Waals surface area contributed by atoms with Crippen LogP contribution in [0.3, 0.4) is 0 Å². The van der Waals surface area contributed by atoms with Crippen LogP contribution in [-0.2, 0) is 4.79 Å². The van der Waals surface area contributed by atoms with Crippen LogP contribution in [0.2, 0.25) is 0 Å². The normalized spacial score (nSPS) is 11.8. The van der Waals surface area contributed by atoms with E-state index in [1.165, 1.54) is 0 Å². The summed E-state index contributed by atoms with van der Waals surface area (Å²) in [5.74, 6) is 0.0446. The molecule has 0 aliphatic heterocycles. The number of Topliss-reactive ketones (excluding diaryl/α,β-unsaturated/α-hetero) is 1. The average Bonchev–Trinajstić information content (AvgIpc) is 2.48. The van der Waals surface area contributed by atoms with Crippen molar-refractivity contribution in [3.05, 3.63) is 71.3 Å². The Morgan fingerprint density at radius 1 is 1.05 bits per heavy atom. The van der Waals surface area contributed by atoms with E-state index in [1.54, 1.807) is 0 Å². The maximum Gasteiger partial charge on any atom is 0.163 e. The number of benzene rings is 2. The van der Waals surface area contributed by atoms with Crippen LogP contribution in [0.15, 0.2) is 54.6 Å². The summed E-state index contributed by atoms with van der Waals surface area (Å²) in [5, 5.41) is 0. The number of carbonyl (C=O) groups is 2. The van der Waals surface area contributed by atoms with Gasteiger partial charge in [0, 0.05) is 18.4 Å². The van der Waals surface area contributed by atoms with Crippen molar-refractivity contribution in [1.82, 2.24) is 0 Å². The van der Waals surface area contributed by atoms with Gasteiger partial charge in [0.25, 0.3) is 0 Å². The molecule has 20 heavy (non-hydrogen) atoms. The molecule has 0 aliphatic carbocycles. The van der Waals surface area contributed by atoms with Gasteiger partial charge in [-0.05, 0) is 18.4 Å². The zero-order chi connectivity index (χ0) is 14.4. The van der Waals surface area contributed by atoms with E-state index in [0.29, 0.717) is 18.4 Å². The van der Waals surface area contributed by atoms with Gasteiger partial charge in [-0.25, -0.2) is 0 Å². The van der Waals surface area contributed by atoms with Gasteiger partial charge in [-0.1, -0.05) is 60.2 Å². The van der Waals surface area contributed by atoms with Crippen LogP contribution in [-0.4, -0.2) is 12.1 Å². The summed E-state index contributed by atoms with van der Waals surface area (Å²) in [6.45, 7) is 1.99. The van der Waals surface area contributed by atoms with Gasteiger partial charge in [0.15, 0.2) is 5.78 Å². The molecule has 0 unspecified atom stereocenters. The Morgan fingerprint density at radius 2 is 1.70 bits per heavy atom. The Kier molecular flexibility index (Phi) is 4.83. The minimum absolute atomic E-state index is 0.0393. The fraction of sp³-hybridized carbons (Fsp3) is 0.222. The summed E-state index contributed by atoms with van der Waals surface area (Å²) in [5.41, 5.74) is 2.89. The Balaban J connectivity index is 2.14. The Hall–Kier alpha value is -2.22. The molecule has 0 aliphatic rings. The number of rotatable bonds is 6. The molecule has 0 saturated carbocycles. The minimum Gasteiger partial charge on any atom is -0.303 e. The van der Waals surface area contributed by atoms with Crippen LogP contribution < -0.4 is 0 Å². The van der Waals surface area contributed by atoms with Crippen LogP contribution in [0.1, 0.15) is 40.2 Å². The molecule has 2 aromatic rings. The van der Waals surface area contributed by atoms with E-state index in [2.05, 4.69) is 0 Å². The quantitative estimate of drug-likeness (QED) is 0.586. The van der Waals surface area contributed by atoms with Crippen LogP contribution in [0.4, 0.5) is 0 Å². The first-order chi connectivity index (χ1) is 9.70. The first-order valence-corrected chi connectivity index (χ1v) is 6.79. The van der Waals surface area contributed by atoms with E-state index in [-0.39, 0.29) is 11.7 Å². The van der Waals surface area contributed by atoms with Crippen molar-refractivity contribution in [2.24, 2.45) is 0 Å². The Labute approximate surface area is 119 Å². The lowest BCUT2D eigenvalue weighted by Crippen LogP contribution is -2.08. The van der Waals surface area contributed by atoms with E-state index in [9.17, 15) is 9.59 Å². The van der Waals surface area contributed by atoms with Gasteiger partial charge in [-0.2, -0.15) is 0 Å². The van der Waals surface area contributed by atoms with Crippen LogP contribution in [0.5, 0.6) is 0 Å². The standard InChI is InChI=1S/C18H18O2/c1-14-7-9-16(10-8-14)18(20)13-17(11-12-19)15-5-3-2-4-6-15/h2-10,12,17H,11,13H2,1H3/t17-/m1/s1. The van der Waals surface area contributed by atoms with E-state index < -0.39 is 0 Å². The molecular formula is C18H18O2. The number of aryl methyl sites for hydroxylation is 1. The van der Waals surface area contributed by atoms with Crippen molar-refractivity contribution < 1.29 is 9.59 Å². The monoisotopic (exact) mass is 266 g/mol. The predicted octanol–water partition coefficient (Wildman–Crippen LogP) is 3.94. The fourth-order valence-electron chi connectivity index (χ4n) is 2.26. The van der Waals surface area contributed by atoms with Crippen LogP contribution >= 0.6 is 0 Å². The Morgan fingerprint density at radius 3 is 2.30 bits per heavy atom. The summed E-state index contributed by atoms with van der Waals surface area (Å²) < 4.78 is 0. The lowest BCUT2D eigenvalue weighted by Gasteiger charge is -2.14. The molecule has 2 aromatic carbocycles. The average molecular weight is 266 g/mol. The predicted molar refractivity (Wildman–Crippen MR) is 80.0 cm³/mol. The molecule has 0 aromatic heterocycles. The summed E-state index contributed by atoms with van der Waals surface area (Å²) in [6, 6.07) is 17.3. The highest BCUT2D eigenvalue weighted by Crippen LogP contribution is 2.24. The summed E-state index contributed by atoms with van der Waals surface area (Å²) >= 11 is 0. The van der Waals surface area contributed by atoms with E-state index >= 15 is 0 Å². The van der Waals surface area contributed by atoms with Gasteiger partial charge in [0.2, 0.25) is 0 Å². The summed E-state index contributed by atoms with van der Waals surface area (Å²) in [7, 11) is 0. The van der Waals surface area contributed by atoms with Crippen LogP contribution in [0, 0.1) is 6.92 Å². The van der Waals surface area contributed by atoms with Crippen molar-refractivity contribution >= 4 is 12.1 Å². The molecule has 0 N–H and O–H groups in total. The second-order valence-electron chi connectivity index (χ2n) is 5.00. The highest BCUT2D eigenvalue weighted by atomic mass is 16.1. The van der Waals surface area contributed by atoms with Crippen molar-refractivity contribution in [3.8, 4) is 0 Å². The molecule has 0 spiro atoms. The van der Waals surface area contributed by atoms with Gasteiger partial charge in [0.1, 0.15) is 6.29 Å². The Bertz CT molecular complexity index is 570. The second-order valence-corrected chi connectivity index (χ2v) is 5.00. The third kappa shape index (κ3) is 3.64. The van der Waals surface area contributed by atoms with Gasteiger partial charge < -0.3 is 4.79 Å². The first kappa shape index (κ1) is 14.2. The topological polar surface area (TPSA) is 34.1 Å². The van der Waals surface area contributed by atoms with Crippen molar-refractivity contribution in [2.75, 3.05) is 0 Å². The van der Waals surface area contributed by atoms with Gasteiger partial charge >= 0.3 is 0 Å². The number of ketones is 1. The number of hydrogen-bond acceptors (Lipinski definition) is 2. The van der Waals surface area contributed by atoms with Gasteiger partial charge in [0.05, 0.1) is 0 Å². The molecule has 0 fully saturated rings. The number of aldehydes is 1. The summed E-state index contributed by atoms with van der Waals surface area (Å²) in [4.78, 5) is 23.1. The molecule has 0 heterocycles. The second kappa shape index (κ2) is 6.80. The van der Waals surface area contributed by atoms with Gasteiger partial charge in [-0.15, -0.1) is 0 Å².